The third-order valence-electron chi connectivity index (χ3n) is 3.47. The van der Waals surface area contributed by atoms with Gasteiger partial charge in [0.15, 0.2) is 0 Å². The summed E-state index contributed by atoms with van der Waals surface area (Å²) in [7, 11) is 1.95. The molecule has 0 aliphatic carbocycles. The number of aryl methyl sites for hydroxylation is 1. The highest BCUT2D eigenvalue weighted by Gasteiger charge is 2.12. The van der Waals surface area contributed by atoms with E-state index in [-0.39, 0.29) is 11.9 Å². The van der Waals surface area contributed by atoms with Crippen molar-refractivity contribution in [2.45, 2.75) is 25.8 Å². The van der Waals surface area contributed by atoms with Crippen molar-refractivity contribution in [2.24, 2.45) is 0 Å². The van der Waals surface area contributed by atoms with Crippen LogP contribution >= 0.6 is 15.9 Å². The first-order valence-electron chi connectivity index (χ1n) is 6.76. The van der Waals surface area contributed by atoms with Crippen molar-refractivity contribution in [1.82, 2.24) is 5.32 Å². The molecule has 0 radical (unpaired) electrons. The number of benzene rings is 2. The molecule has 0 aliphatic heterocycles. The minimum Gasteiger partial charge on any atom is -0.316 e. The molecule has 1 nitrogen and oxygen atoms in total. The van der Waals surface area contributed by atoms with E-state index < -0.39 is 0 Å². The monoisotopic (exact) mass is 335 g/mol. The van der Waals surface area contributed by atoms with E-state index >= 15 is 0 Å². The molecule has 0 fully saturated rings. The number of rotatable bonds is 5. The summed E-state index contributed by atoms with van der Waals surface area (Å²) in [6.07, 6.45) is 1.73. The molecule has 106 valence electrons. The van der Waals surface area contributed by atoms with Crippen LogP contribution in [0.4, 0.5) is 4.39 Å². The highest BCUT2D eigenvalue weighted by molar-refractivity contribution is 9.10. The van der Waals surface area contributed by atoms with Crippen LogP contribution in [0.3, 0.4) is 0 Å². The molecule has 2 aromatic carbocycles. The number of nitrogens with one attached hydrogen (secondary N) is 1. The van der Waals surface area contributed by atoms with Crippen LogP contribution in [-0.4, -0.2) is 13.1 Å². The fourth-order valence-corrected chi connectivity index (χ4v) is 2.80. The lowest BCUT2D eigenvalue weighted by atomic mass is 9.98. The molecule has 20 heavy (non-hydrogen) atoms. The van der Waals surface area contributed by atoms with E-state index in [9.17, 15) is 4.39 Å². The number of likely N-dealkylation sites (N-methyl/N-ethyl adjacent to an activating group) is 1. The highest BCUT2D eigenvalue weighted by atomic mass is 79.9. The second-order valence-electron chi connectivity index (χ2n) is 5.10. The van der Waals surface area contributed by atoms with Gasteiger partial charge in [0.2, 0.25) is 0 Å². The average Bonchev–Trinajstić information content (AvgIpc) is 2.43. The van der Waals surface area contributed by atoms with Crippen LogP contribution in [0.2, 0.25) is 0 Å². The molecule has 1 N–H and O–H groups in total. The van der Waals surface area contributed by atoms with Crippen LogP contribution in [0.15, 0.2) is 46.9 Å². The largest absolute Gasteiger partial charge is 0.316 e. The predicted octanol–water partition coefficient (Wildman–Crippen LogP) is 4.27. The molecule has 0 aliphatic rings. The summed E-state index contributed by atoms with van der Waals surface area (Å²) in [5.74, 6) is -0.201. The molecule has 1 unspecified atom stereocenters. The lowest BCUT2D eigenvalue weighted by Crippen LogP contribution is -2.30. The van der Waals surface area contributed by atoms with E-state index in [2.05, 4.69) is 52.4 Å². The van der Waals surface area contributed by atoms with Crippen LogP contribution in [-0.2, 0) is 12.8 Å². The van der Waals surface area contributed by atoms with Gasteiger partial charge >= 0.3 is 0 Å². The zero-order chi connectivity index (χ0) is 14.5. The van der Waals surface area contributed by atoms with Gasteiger partial charge in [0, 0.05) is 6.04 Å². The highest BCUT2D eigenvalue weighted by Crippen LogP contribution is 2.22. The van der Waals surface area contributed by atoms with E-state index in [1.807, 2.05) is 13.1 Å². The summed E-state index contributed by atoms with van der Waals surface area (Å²) < 4.78 is 14.1. The Morgan fingerprint density at radius 2 is 1.90 bits per heavy atom. The maximum absolute atomic E-state index is 13.5. The van der Waals surface area contributed by atoms with Gasteiger partial charge < -0.3 is 5.32 Å². The molecule has 0 saturated carbocycles. The summed E-state index contributed by atoms with van der Waals surface area (Å²) in [5.41, 5.74) is 3.57. The average molecular weight is 336 g/mol. The first-order valence-corrected chi connectivity index (χ1v) is 7.55. The van der Waals surface area contributed by atoms with Gasteiger partial charge in [-0.1, -0.05) is 42.0 Å². The summed E-state index contributed by atoms with van der Waals surface area (Å²) in [6.45, 7) is 2.10. The van der Waals surface area contributed by atoms with Crippen LogP contribution in [0.1, 0.15) is 16.7 Å². The molecule has 0 amide bonds. The van der Waals surface area contributed by atoms with Gasteiger partial charge in [0.1, 0.15) is 5.82 Å². The summed E-state index contributed by atoms with van der Waals surface area (Å²) in [5, 5.41) is 3.32. The van der Waals surface area contributed by atoms with Gasteiger partial charge in [-0.05, 0) is 59.9 Å². The van der Waals surface area contributed by atoms with Crippen LogP contribution < -0.4 is 5.32 Å². The quantitative estimate of drug-likeness (QED) is 0.860. The second-order valence-corrected chi connectivity index (χ2v) is 5.89. The predicted molar refractivity (Wildman–Crippen MR) is 85.5 cm³/mol. The van der Waals surface area contributed by atoms with E-state index in [4.69, 9.17) is 0 Å². The summed E-state index contributed by atoms with van der Waals surface area (Å²) in [4.78, 5) is 0. The van der Waals surface area contributed by atoms with Crippen LogP contribution in [0.25, 0.3) is 0 Å². The van der Waals surface area contributed by atoms with E-state index in [0.717, 1.165) is 18.4 Å². The Labute approximate surface area is 128 Å². The van der Waals surface area contributed by atoms with Crippen molar-refractivity contribution in [3.05, 3.63) is 69.4 Å². The maximum Gasteiger partial charge on any atom is 0.137 e. The van der Waals surface area contributed by atoms with Crippen LogP contribution in [0.5, 0.6) is 0 Å². The lowest BCUT2D eigenvalue weighted by molar-refractivity contribution is 0.550. The Bertz CT molecular complexity index is 583. The molecule has 2 rings (SSSR count). The molecular weight excluding hydrogens is 317 g/mol. The molecule has 0 heterocycles. The maximum atomic E-state index is 13.5. The molecule has 0 bridgehead atoms. The van der Waals surface area contributed by atoms with Gasteiger partial charge in [-0.2, -0.15) is 0 Å². The number of hydrogen-bond acceptors (Lipinski definition) is 1. The third kappa shape index (κ3) is 3.90. The Kier molecular flexibility index (Phi) is 5.32. The molecule has 0 aromatic heterocycles. The van der Waals surface area contributed by atoms with E-state index in [0.29, 0.717) is 4.47 Å². The number of halogens is 2. The zero-order valence-corrected chi connectivity index (χ0v) is 13.4. The minimum absolute atomic E-state index is 0.201. The normalized spacial score (nSPS) is 12.4. The summed E-state index contributed by atoms with van der Waals surface area (Å²) >= 11 is 3.33. The molecule has 1 atom stereocenters. The van der Waals surface area contributed by atoms with Crippen LogP contribution in [0, 0.1) is 12.7 Å². The van der Waals surface area contributed by atoms with E-state index in [1.165, 1.54) is 17.2 Å². The van der Waals surface area contributed by atoms with Crippen molar-refractivity contribution < 1.29 is 4.39 Å². The fourth-order valence-electron chi connectivity index (χ4n) is 2.37. The molecule has 0 spiro atoms. The van der Waals surface area contributed by atoms with Crippen molar-refractivity contribution in [3.8, 4) is 0 Å². The lowest BCUT2D eigenvalue weighted by Gasteiger charge is -2.17. The smallest absolute Gasteiger partial charge is 0.137 e. The van der Waals surface area contributed by atoms with Gasteiger partial charge in [-0.3, -0.25) is 0 Å². The Morgan fingerprint density at radius 1 is 1.15 bits per heavy atom. The fraction of sp³-hybridized carbons (Fsp3) is 0.294. The third-order valence-corrected chi connectivity index (χ3v) is 4.36. The van der Waals surface area contributed by atoms with Crippen molar-refractivity contribution in [1.29, 1.82) is 0 Å². The zero-order valence-electron chi connectivity index (χ0n) is 11.8. The topological polar surface area (TPSA) is 12.0 Å². The Hall–Kier alpha value is -1.19. The number of hydrogen-bond donors (Lipinski definition) is 1. The van der Waals surface area contributed by atoms with Gasteiger partial charge in [-0.25, -0.2) is 4.39 Å². The van der Waals surface area contributed by atoms with Crippen molar-refractivity contribution in [2.75, 3.05) is 7.05 Å². The SMILES string of the molecule is CNC(Cc1cccc(C)c1)Cc1cccc(F)c1Br. The van der Waals surface area contributed by atoms with E-state index in [1.54, 1.807) is 6.07 Å². The Balaban J connectivity index is 2.11. The minimum atomic E-state index is -0.201. The van der Waals surface area contributed by atoms with Crippen molar-refractivity contribution in [3.63, 3.8) is 0 Å². The second kappa shape index (κ2) is 7.00. The Morgan fingerprint density at radius 3 is 2.60 bits per heavy atom. The van der Waals surface area contributed by atoms with Gasteiger partial charge in [0.05, 0.1) is 4.47 Å². The van der Waals surface area contributed by atoms with Gasteiger partial charge in [-0.15, -0.1) is 0 Å². The summed E-state index contributed by atoms with van der Waals surface area (Å²) in [6, 6.07) is 14.0. The molecule has 3 heteroatoms. The molecule has 2 aromatic rings. The molecular formula is C17H19BrFN. The first kappa shape index (κ1) is 15.2. The van der Waals surface area contributed by atoms with Gasteiger partial charge in [0.25, 0.3) is 0 Å². The standard InChI is InChI=1S/C17H19BrFN/c1-12-5-3-6-13(9-12)10-15(20-2)11-14-7-4-8-16(19)17(14)18/h3-9,15,20H,10-11H2,1-2H3. The molecule has 0 saturated heterocycles. The first-order chi connectivity index (χ1) is 9.60. The van der Waals surface area contributed by atoms with Crippen molar-refractivity contribution >= 4 is 15.9 Å².